The Morgan fingerprint density at radius 3 is 2.44 bits per heavy atom. The molecule has 4 aromatic rings. The third-order valence-corrected chi connectivity index (χ3v) is 7.35. The largest absolute Gasteiger partial charge is 0.494 e. The number of hydrogen-bond acceptors (Lipinski definition) is 6. The Morgan fingerprint density at radius 1 is 0.897 bits per heavy atom. The second kappa shape index (κ2) is 12.4. The number of rotatable bonds is 9. The SMILES string of the molecule is CCOc1ccc(N=C2NC(=O)/C(=C\c3cc(Br)c(OCc4ccc5ccccc5c4)c(OCC)c3)S2)cc1. The average Bonchev–Trinajstić information content (AvgIpc) is 3.27. The quantitative estimate of drug-likeness (QED) is 0.197. The molecule has 39 heavy (non-hydrogen) atoms. The van der Waals surface area contributed by atoms with Gasteiger partial charge in [-0.25, -0.2) is 4.99 Å². The zero-order valence-corrected chi connectivity index (χ0v) is 24.0. The van der Waals surface area contributed by atoms with Crippen LogP contribution in [0.5, 0.6) is 17.2 Å². The summed E-state index contributed by atoms with van der Waals surface area (Å²) in [5.41, 5.74) is 2.60. The molecule has 0 unspecified atom stereocenters. The number of thioether (sulfide) groups is 1. The number of nitrogens with zero attached hydrogens (tertiary/aromatic N) is 1. The molecule has 8 heteroatoms. The van der Waals surface area contributed by atoms with Crippen LogP contribution in [0.25, 0.3) is 16.8 Å². The molecule has 0 atom stereocenters. The number of nitrogens with one attached hydrogen (secondary N) is 1. The van der Waals surface area contributed by atoms with Crippen LogP contribution in [-0.2, 0) is 11.4 Å². The summed E-state index contributed by atoms with van der Waals surface area (Å²) in [5, 5.41) is 5.72. The minimum absolute atomic E-state index is 0.199. The lowest BCUT2D eigenvalue weighted by atomic mass is 10.1. The van der Waals surface area contributed by atoms with E-state index in [1.165, 1.54) is 22.5 Å². The summed E-state index contributed by atoms with van der Waals surface area (Å²) in [6.07, 6.45) is 1.82. The molecule has 1 heterocycles. The lowest BCUT2D eigenvalue weighted by molar-refractivity contribution is -0.115. The van der Waals surface area contributed by atoms with Gasteiger partial charge in [-0.2, -0.15) is 0 Å². The Hall–Kier alpha value is -3.75. The van der Waals surface area contributed by atoms with Crippen molar-refractivity contribution in [1.29, 1.82) is 0 Å². The molecule has 5 rings (SSSR count). The number of benzene rings is 4. The van der Waals surface area contributed by atoms with Crippen molar-refractivity contribution in [2.45, 2.75) is 20.5 Å². The predicted molar refractivity (Wildman–Crippen MR) is 162 cm³/mol. The van der Waals surface area contributed by atoms with Crippen molar-refractivity contribution < 1.29 is 19.0 Å². The van der Waals surface area contributed by atoms with E-state index < -0.39 is 0 Å². The second-order valence-electron chi connectivity index (χ2n) is 8.64. The summed E-state index contributed by atoms with van der Waals surface area (Å²) in [4.78, 5) is 17.8. The van der Waals surface area contributed by atoms with E-state index in [1.54, 1.807) is 0 Å². The molecule has 0 bridgehead atoms. The highest BCUT2D eigenvalue weighted by Crippen LogP contribution is 2.39. The minimum Gasteiger partial charge on any atom is -0.494 e. The highest BCUT2D eigenvalue weighted by Gasteiger charge is 2.24. The van der Waals surface area contributed by atoms with Crippen LogP contribution >= 0.6 is 27.7 Å². The molecule has 0 aliphatic carbocycles. The fourth-order valence-electron chi connectivity index (χ4n) is 4.09. The van der Waals surface area contributed by atoms with Crippen molar-refractivity contribution in [2.24, 2.45) is 4.99 Å². The van der Waals surface area contributed by atoms with Gasteiger partial charge in [-0.3, -0.25) is 4.79 Å². The Bertz CT molecular complexity index is 1570. The molecule has 1 aliphatic rings. The molecule has 1 amide bonds. The van der Waals surface area contributed by atoms with E-state index >= 15 is 0 Å². The fraction of sp³-hybridized carbons (Fsp3) is 0.161. The third-order valence-electron chi connectivity index (χ3n) is 5.86. The normalized spacial score (nSPS) is 15.1. The van der Waals surface area contributed by atoms with Gasteiger partial charge < -0.3 is 19.5 Å². The highest BCUT2D eigenvalue weighted by molar-refractivity contribution is 9.10. The molecular formula is C31H27BrN2O4S. The molecule has 1 aliphatic heterocycles. The summed E-state index contributed by atoms with van der Waals surface area (Å²) in [6, 6.07) is 25.8. The van der Waals surface area contributed by atoms with E-state index in [-0.39, 0.29) is 5.91 Å². The molecule has 0 aromatic heterocycles. The van der Waals surface area contributed by atoms with E-state index in [0.29, 0.717) is 41.4 Å². The maximum Gasteiger partial charge on any atom is 0.264 e. The molecule has 0 spiro atoms. The van der Waals surface area contributed by atoms with Gasteiger partial charge in [0, 0.05) is 0 Å². The van der Waals surface area contributed by atoms with Crippen LogP contribution in [0.3, 0.4) is 0 Å². The smallest absolute Gasteiger partial charge is 0.264 e. The number of fused-ring (bicyclic) bond motifs is 1. The first-order chi connectivity index (χ1) is 19.0. The van der Waals surface area contributed by atoms with Gasteiger partial charge in [0.15, 0.2) is 16.7 Å². The molecule has 1 N–H and O–H groups in total. The number of amidine groups is 1. The predicted octanol–water partition coefficient (Wildman–Crippen LogP) is 7.87. The van der Waals surface area contributed by atoms with Crippen molar-refractivity contribution in [2.75, 3.05) is 13.2 Å². The van der Waals surface area contributed by atoms with Crippen LogP contribution < -0.4 is 19.5 Å². The van der Waals surface area contributed by atoms with E-state index in [0.717, 1.165) is 27.0 Å². The van der Waals surface area contributed by atoms with Crippen LogP contribution in [-0.4, -0.2) is 24.3 Å². The summed E-state index contributed by atoms with van der Waals surface area (Å²) in [7, 11) is 0. The number of halogens is 1. The van der Waals surface area contributed by atoms with Crippen LogP contribution in [0.1, 0.15) is 25.0 Å². The van der Waals surface area contributed by atoms with Crippen molar-refractivity contribution in [3.05, 3.63) is 99.4 Å². The first kappa shape index (κ1) is 26.8. The van der Waals surface area contributed by atoms with Crippen LogP contribution in [0.4, 0.5) is 5.69 Å². The fourth-order valence-corrected chi connectivity index (χ4v) is 5.51. The Morgan fingerprint density at radius 2 is 1.67 bits per heavy atom. The number of hydrogen-bond donors (Lipinski definition) is 1. The van der Waals surface area contributed by atoms with Crippen molar-refractivity contribution in [3.8, 4) is 17.2 Å². The Labute approximate surface area is 240 Å². The molecule has 4 aromatic carbocycles. The Kier molecular flexibility index (Phi) is 8.54. The number of carbonyl (C=O) groups is 1. The van der Waals surface area contributed by atoms with Gasteiger partial charge in [-0.05, 0) is 112 Å². The summed E-state index contributed by atoms with van der Waals surface area (Å²) < 4.78 is 18.3. The third kappa shape index (κ3) is 6.64. The van der Waals surface area contributed by atoms with Gasteiger partial charge in [0.25, 0.3) is 5.91 Å². The van der Waals surface area contributed by atoms with E-state index in [9.17, 15) is 4.79 Å². The van der Waals surface area contributed by atoms with Gasteiger partial charge in [0.2, 0.25) is 0 Å². The van der Waals surface area contributed by atoms with Crippen molar-refractivity contribution in [1.82, 2.24) is 5.32 Å². The molecule has 6 nitrogen and oxygen atoms in total. The molecule has 1 fully saturated rings. The standard InChI is InChI=1S/C31H27BrN2O4S/c1-3-36-25-13-11-24(12-14-25)33-31-34-30(35)28(39-31)18-21-16-26(32)29(27(17-21)37-4-2)38-19-20-9-10-22-7-5-6-8-23(22)15-20/h5-18H,3-4,19H2,1-2H3,(H,33,34,35)/b28-18+. The van der Waals surface area contributed by atoms with Gasteiger partial charge in [-0.15, -0.1) is 0 Å². The minimum atomic E-state index is -0.199. The summed E-state index contributed by atoms with van der Waals surface area (Å²) in [5.74, 6) is 1.81. The second-order valence-corrected chi connectivity index (χ2v) is 10.5. The van der Waals surface area contributed by atoms with Gasteiger partial charge >= 0.3 is 0 Å². The molecular weight excluding hydrogens is 576 g/mol. The number of aliphatic imine (C=N–C) groups is 1. The lowest BCUT2D eigenvalue weighted by Crippen LogP contribution is -2.19. The first-order valence-electron chi connectivity index (χ1n) is 12.6. The maximum absolute atomic E-state index is 12.7. The Balaban J connectivity index is 1.33. The summed E-state index contributed by atoms with van der Waals surface area (Å²) in [6.45, 7) is 5.35. The monoisotopic (exact) mass is 602 g/mol. The molecule has 1 saturated heterocycles. The number of ether oxygens (including phenoxy) is 3. The summed E-state index contributed by atoms with van der Waals surface area (Å²) >= 11 is 4.94. The molecule has 198 valence electrons. The maximum atomic E-state index is 12.7. The topological polar surface area (TPSA) is 69.2 Å². The first-order valence-corrected chi connectivity index (χ1v) is 14.2. The van der Waals surface area contributed by atoms with Crippen LogP contribution in [0.15, 0.2) is 93.2 Å². The average molecular weight is 604 g/mol. The highest BCUT2D eigenvalue weighted by atomic mass is 79.9. The molecule has 0 saturated carbocycles. The zero-order chi connectivity index (χ0) is 27.2. The van der Waals surface area contributed by atoms with Gasteiger partial charge in [0.05, 0.1) is 28.3 Å². The van der Waals surface area contributed by atoms with Gasteiger partial charge in [0.1, 0.15) is 12.4 Å². The number of carbonyl (C=O) groups excluding carboxylic acids is 1. The van der Waals surface area contributed by atoms with E-state index in [4.69, 9.17) is 14.2 Å². The van der Waals surface area contributed by atoms with Gasteiger partial charge in [-0.1, -0.05) is 36.4 Å². The van der Waals surface area contributed by atoms with E-state index in [2.05, 4.69) is 56.6 Å². The van der Waals surface area contributed by atoms with Crippen molar-refractivity contribution in [3.63, 3.8) is 0 Å². The zero-order valence-electron chi connectivity index (χ0n) is 21.6. The lowest BCUT2D eigenvalue weighted by Gasteiger charge is -2.15. The van der Waals surface area contributed by atoms with Crippen molar-refractivity contribution >= 4 is 61.3 Å². The number of amides is 1. The van der Waals surface area contributed by atoms with Crippen LogP contribution in [0, 0.1) is 0 Å². The van der Waals surface area contributed by atoms with E-state index in [1.807, 2.05) is 68.5 Å². The van der Waals surface area contributed by atoms with Crippen LogP contribution in [0.2, 0.25) is 0 Å². The molecule has 0 radical (unpaired) electrons.